The van der Waals surface area contributed by atoms with Gasteiger partial charge in [0.1, 0.15) is 11.5 Å². The van der Waals surface area contributed by atoms with E-state index < -0.39 is 0 Å². The Bertz CT molecular complexity index is 854. The van der Waals surface area contributed by atoms with E-state index in [4.69, 9.17) is 0 Å². The average Bonchev–Trinajstić information content (AvgIpc) is 2.73. The van der Waals surface area contributed by atoms with Gasteiger partial charge in [0.15, 0.2) is 0 Å². The van der Waals surface area contributed by atoms with Crippen molar-refractivity contribution in [2.24, 2.45) is 4.99 Å². The summed E-state index contributed by atoms with van der Waals surface area (Å²) >= 11 is 0. The number of hydrogen-bond acceptors (Lipinski definition) is 4. The van der Waals surface area contributed by atoms with Gasteiger partial charge in [-0.25, -0.2) is 4.99 Å². The van der Waals surface area contributed by atoms with E-state index in [1.165, 1.54) is 0 Å². The van der Waals surface area contributed by atoms with Crippen molar-refractivity contribution in [1.82, 2.24) is 5.32 Å². The number of carbonyl (C=O) groups is 1. The first-order valence-electron chi connectivity index (χ1n) is 9.57. The van der Waals surface area contributed by atoms with E-state index in [-0.39, 0.29) is 5.91 Å². The van der Waals surface area contributed by atoms with Crippen LogP contribution >= 0.6 is 0 Å². The molecule has 1 amide bonds. The molecule has 1 aliphatic rings. The average molecular weight is 377 g/mol. The topological polar surface area (TPSA) is 68.8 Å². The summed E-state index contributed by atoms with van der Waals surface area (Å²) in [5, 5.41) is 9.58. The molecule has 1 heterocycles. The molecule has 0 spiro atoms. The predicted octanol–water partition coefficient (Wildman–Crippen LogP) is 3.47. The van der Waals surface area contributed by atoms with Crippen molar-refractivity contribution < 1.29 is 4.79 Å². The van der Waals surface area contributed by atoms with Crippen LogP contribution in [0.2, 0.25) is 0 Å². The predicted molar refractivity (Wildman–Crippen MR) is 117 cm³/mol. The van der Waals surface area contributed by atoms with Gasteiger partial charge in [-0.05, 0) is 38.1 Å². The molecule has 0 aliphatic carbocycles. The van der Waals surface area contributed by atoms with Crippen LogP contribution in [0.15, 0.2) is 71.4 Å². The van der Waals surface area contributed by atoms with E-state index in [1.807, 2.05) is 68.4 Å². The van der Waals surface area contributed by atoms with Gasteiger partial charge in [0.05, 0.1) is 11.4 Å². The van der Waals surface area contributed by atoms with Crippen molar-refractivity contribution >= 4 is 28.8 Å². The summed E-state index contributed by atoms with van der Waals surface area (Å²) in [7, 11) is 0. The Morgan fingerprint density at radius 1 is 1.04 bits per heavy atom. The van der Waals surface area contributed by atoms with Gasteiger partial charge in [-0.1, -0.05) is 36.4 Å². The van der Waals surface area contributed by atoms with Crippen LogP contribution in [0, 0.1) is 0 Å². The van der Waals surface area contributed by atoms with Crippen LogP contribution in [0.25, 0.3) is 0 Å². The van der Waals surface area contributed by atoms with Crippen LogP contribution < -0.4 is 20.9 Å². The number of para-hydroxylation sites is 3. The number of allylic oxidation sites excluding steroid dienone is 1. The molecule has 1 saturated heterocycles. The molecule has 0 saturated carbocycles. The van der Waals surface area contributed by atoms with Gasteiger partial charge < -0.3 is 20.9 Å². The highest BCUT2D eigenvalue weighted by atomic mass is 16.2. The summed E-state index contributed by atoms with van der Waals surface area (Å²) in [5.41, 5.74) is 3.15. The molecule has 0 radical (unpaired) electrons. The Balaban J connectivity index is 1.72. The molecule has 2 aromatic rings. The fourth-order valence-electron chi connectivity index (χ4n) is 3.13. The molecule has 6 nitrogen and oxygen atoms in total. The Hall–Kier alpha value is -3.12. The van der Waals surface area contributed by atoms with E-state index in [9.17, 15) is 4.79 Å². The van der Waals surface area contributed by atoms with Crippen molar-refractivity contribution in [3.05, 3.63) is 66.4 Å². The van der Waals surface area contributed by atoms with Crippen molar-refractivity contribution in [2.45, 2.75) is 13.8 Å². The molecular formula is C22H27N5O. The molecule has 1 fully saturated rings. The molecular weight excluding hydrogens is 350 g/mol. The van der Waals surface area contributed by atoms with Crippen molar-refractivity contribution in [2.75, 3.05) is 41.7 Å². The third-order valence-corrected chi connectivity index (χ3v) is 4.50. The molecule has 0 aromatic heterocycles. The molecule has 0 bridgehead atoms. The largest absolute Gasteiger partial charge is 0.367 e. The lowest BCUT2D eigenvalue weighted by Gasteiger charge is -2.31. The molecule has 146 valence electrons. The first-order valence-corrected chi connectivity index (χ1v) is 9.57. The number of hydrogen-bond donors (Lipinski definition) is 3. The number of benzene rings is 2. The highest BCUT2D eigenvalue weighted by molar-refractivity contribution is 6.07. The van der Waals surface area contributed by atoms with Crippen LogP contribution in [-0.2, 0) is 4.79 Å². The maximum atomic E-state index is 12.8. The highest BCUT2D eigenvalue weighted by Gasteiger charge is 2.16. The number of nitrogens with zero attached hydrogens (tertiary/aromatic N) is 2. The summed E-state index contributed by atoms with van der Waals surface area (Å²) in [5.74, 6) is 0.434. The molecule has 6 heteroatoms. The van der Waals surface area contributed by atoms with E-state index in [0.717, 1.165) is 43.2 Å². The van der Waals surface area contributed by atoms with Crippen LogP contribution in [-0.4, -0.2) is 37.9 Å². The monoisotopic (exact) mass is 377 g/mol. The third-order valence-electron chi connectivity index (χ3n) is 4.50. The van der Waals surface area contributed by atoms with Crippen LogP contribution in [0.5, 0.6) is 0 Å². The zero-order chi connectivity index (χ0) is 19.8. The minimum Gasteiger partial charge on any atom is -0.367 e. The summed E-state index contributed by atoms with van der Waals surface area (Å²) in [4.78, 5) is 19.6. The fourth-order valence-corrected chi connectivity index (χ4v) is 3.13. The summed E-state index contributed by atoms with van der Waals surface area (Å²) in [6.07, 6.45) is 1.72. The zero-order valence-corrected chi connectivity index (χ0v) is 16.4. The number of nitrogens with one attached hydrogen (secondary N) is 3. The Morgan fingerprint density at radius 3 is 2.43 bits per heavy atom. The van der Waals surface area contributed by atoms with E-state index >= 15 is 0 Å². The van der Waals surface area contributed by atoms with Gasteiger partial charge >= 0.3 is 0 Å². The minimum absolute atomic E-state index is 0.223. The number of piperazine rings is 1. The van der Waals surface area contributed by atoms with Gasteiger partial charge in [0, 0.05) is 31.9 Å². The molecule has 2 aromatic carbocycles. The molecule has 1 aliphatic heterocycles. The van der Waals surface area contributed by atoms with Crippen molar-refractivity contribution in [1.29, 1.82) is 0 Å². The van der Waals surface area contributed by atoms with E-state index in [0.29, 0.717) is 11.5 Å². The molecule has 3 N–H and O–H groups in total. The highest BCUT2D eigenvalue weighted by Crippen LogP contribution is 2.26. The first-order chi connectivity index (χ1) is 13.7. The lowest BCUT2D eigenvalue weighted by Crippen LogP contribution is -2.43. The number of amides is 1. The molecule has 3 rings (SSSR count). The van der Waals surface area contributed by atoms with E-state index in [1.54, 1.807) is 6.08 Å². The van der Waals surface area contributed by atoms with Gasteiger partial charge in [-0.3, -0.25) is 4.79 Å². The molecule has 0 unspecified atom stereocenters. The fraction of sp³-hybridized carbons (Fsp3) is 0.273. The summed E-state index contributed by atoms with van der Waals surface area (Å²) in [6, 6.07) is 17.7. The SMILES string of the molecule is C/C=C(\N=C(C)Nc1ccccc1)C(=O)Nc1ccccc1N1CCNCC1. The quantitative estimate of drug-likeness (QED) is 0.424. The van der Waals surface area contributed by atoms with Crippen LogP contribution in [0.1, 0.15) is 13.8 Å². The van der Waals surface area contributed by atoms with Crippen molar-refractivity contribution in [3.63, 3.8) is 0 Å². The maximum absolute atomic E-state index is 12.8. The smallest absolute Gasteiger partial charge is 0.274 e. The van der Waals surface area contributed by atoms with Gasteiger partial charge in [0.25, 0.3) is 5.91 Å². The summed E-state index contributed by atoms with van der Waals surface area (Å²) < 4.78 is 0. The molecule has 28 heavy (non-hydrogen) atoms. The van der Waals surface area contributed by atoms with Gasteiger partial charge in [-0.15, -0.1) is 0 Å². The van der Waals surface area contributed by atoms with Crippen molar-refractivity contribution in [3.8, 4) is 0 Å². The van der Waals surface area contributed by atoms with Gasteiger partial charge in [0.2, 0.25) is 0 Å². The van der Waals surface area contributed by atoms with Crippen LogP contribution in [0.3, 0.4) is 0 Å². The number of aliphatic imine (C=N–C) groups is 1. The second kappa shape index (κ2) is 9.71. The number of anilines is 3. The molecule has 0 atom stereocenters. The van der Waals surface area contributed by atoms with Crippen LogP contribution in [0.4, 0.5) is 17.1 Å². The second-order valence-corrected chi connectivity index (χ2v) is 6.57. The Kier molecular flexibility index (Phi) is 6.81. The Labute approximate surface area is 166 Å². The normalized spacial score (nSPS) is 15.3. The van der Waals surface area contributed by atoms with Gasteiger partial charge in [-0.2, -0.15) is 0 Å². The first kappa shape index (κ1) is 19.6. The number of amidine groups is 1. The number of carbonyl (C=O) groups excluding carboxylic acids is 1. The third kappa shape index (κ3) is 5.20. The lowest BCUT2D eigenvalue weighted by atomic mass is 10.2. The zero-order valence-electron chi connectivity index (χ0n) is 16.4. The maximum Gasteiger partial charge on any atom is 0.274 e. The second-order valence-electron chi connectivity index (χ2n) is 6.57. The standard InChI is InChI=1S/C22H27N5O/c1-3-19(25-17(2)24-18-9-5-4-6-10-18)22(28)26-20-11-7-8-12-21(20)27-15-13-23-14-16-27/h3-12,23H,13-16H2,1-2H3,(H,24,25)(H,26,28)/b19-3-. The Morgan fingerprint density at radius 2 is 1.71 bits per heavy atom. The van der Waals surface area contributed by atoms with E-state index in [2.05, 4.69) is 25.8 Å². The number of rotatable bonds is 5. The lowest BCUT2D eigenvalue weighted by molar-refractivity contribution is -0.112. The summed E-state index contributed by atoms with van der Waals surface area (Å²) in [6.45, 7) is 7.38. The minimum atomic E-state index is -0.223.